The van der Waals surface area contributed by atoms with Crippen LogP contribution in [0.2, 0.25) is 0 Å². The van der Waals surface area contributed by atoms with Gasteiger partial charge in [-0.2, -0.15) is 0 Å². The summed E-state index contributed by atoms with van der Waals surface area (Å²) in [5.41, 5.74) is 2.00. The molecule has 9 nitrogen and oxygen atoms in total. The van der Waals surface area contributed by atoms with Crippen LogP contribution in [0.3, 0.4) is 0 Å². The Hall–Kier alpha value is -3.02. The lowest BCUT2D eigenvalue weighted by Gasteiger charge is -2.44. The molecule has 2 aromatic rings. The van der Waals surface area contributed by atoms with Crippen LogP contribution >= 0.6 is 0 Å². The number of benzene rings is 2. The molecule has 2 heterocycles. The number of urea groups is 1. The summed E-state index contributed by atoms with van der Waals surface area (Å²) in [5, 5.41) is 0. The van der Waals surface area contributed by atoms with E-state index in [9.17, 15) is 18.0 Å². The number of hydrogen-bond acceptors (Lipinski definition) is 7. The quantitative estimate of drug-likeness (QED) is 0.469. The van der Waals surface area contributed by atoms with Crippen molar-refractivity contribution >= 4 is 27.5 Å². The van der Waals surface area contributed by atoms with Gasteiger partial charge in [0.15, 0.2) is 9.84 Å². The lowest BCUT2D eigenvalue weighted by atomic mass is 10.1. The fourth-order valence-corrected chi connectivity index (χ4v) is 6.89. The normalized spacial score (nSPS) is 21.7. The largest absolute Gasteiger partial charge is 0.465 e. The van der Waals surface area contributed by atoms with Crippen molar-refractivity contribution in [1.29, 1.82) is 0 Å². The topological polar surface area (TPSA) is 90.5 Å². The number of esters is 1. The average molecular weight is 575 g/mol. The molecule has 2 saturated heterocycles. The van der Waals surface area contributed by atoms with E-state index in [0.29, 0.717) is 17.8 Å². The molecule has 40 heavy (non-hydrogen) atoms. The predicted molar refractivity (Wildman–Crippen MR) is 153 cm³/mol. The number of carbonyl (C=O) groups excluding carboxylic acids is 2. The molecule has 0 saturated carbocycles. The van der Waals surface area contributed by atoms with E-state index in [0.717, 1.165) is 37.8 Å². The SMILES string of the molecule is CCN1[C@H](C)CN(Cc2ccc(N(Cc3ccc(C(=O)OC)cc3F)C(=O)N3CCS(=O)(=O)CC3)cc2)C[C@@H]1C. The number of piperazine rings is 1. The van der Waals surface area contributed by atoms with Gasteiger partial charge in [-0.15, -0.1) is 0 Å². The van der Waals surface area contributed by atoms with Crippen LogP contribution in [0.15, 0.2) is 42.5 Å². The van der Waals surface area contributed by atoms with Gasteiger partial charge >= 0.3 is 12.0 Å². The fourth-order valence-electron chi connectivity index (χ4n) is 5.69. The number of amides is 2. The van der Waals surface area contributed by atoms with Crippen molar-refractivity contribution in [3.05, 3.63) is 65.0 Å². The second-order valence-electron chi connectivity index (χ2n) is 10.7. The number of carbonyl (C=O) groups is 2. The first-order valence-electron chi connectivity index (χ1n) is 13.7. The summed E-state index contributed by atoms with van der Waals surface area (Å²) in [4.78, 5) is 33.3. The van der Waals surface area contributed by atoms with Crippen molar-refractivity contribution in [3.8, 4) is 0 Å². The molecule has 2 fully saturated rings. The Morgan fingerprint density at radius 1 is 1.02 bits per heavy atom. The van der Waals surface area contributed by atoms with Crippen LogP contribution in [0.1, 0.15) is 42.3 Å². The second kappa shape index (κ2) is 12.7. The van der Waals surface area contributed by atoms with Crippen LogP contribution in [0.25, 0.3) is 0 Å². The Kier molecular flexibility index (Phi) is 9.48. The van der Waals surface area contributed by atoms with Gasteiger partial charge in [-0.05, 0) is 50.2 Å². The summed E-state index contributed by atoms with van der Waals surface area (Å²) in [6, 6.07) is 12.2. The summed E-state index contributed by atoms with van der Waals surface area (Å²) < 4.78 is 43.6. The molecule has 0 bridgehead atoms. The molecule has 11 heteroatoms. The number of likely N-dealkylation sites (N-methyl/N-ethyl adjacent to an activating group) is 1. The number of halogens is 1. The first-order valence-corrected chi connectivity index (χ1v) is 15.5. The van der Waals surface area contributed by atoms with Gasteiger partial charge < -0.3 is 9.64 Å². The van der Waals surface area contributed by atoms with Crippen LogP contribution in [0.4, 0.5) is 14.9 Å². The number of sulfone groups is 1. The van der Waals surface area contributed by atoms with Crippen LogP contribution in [-0.2, 0) is 27.7 Å². The zero-order chi connectivity index (χ0) is 29.0. The molecule has 0 aliphatic carbocycles. The highest BCUT2D eigenvalue weighted by molar-refractivity contribution is 7.91. The Morgan fingerprint density at radius 3 is 2.20 bits per heavy atom. The van der Waals surface area contributed by atoms with Gasteiger partial charge in [0.2, 0.25) is 0 Å². The molecule has 218 valence electrons. The molecule has 0 spiro atoms. The minimum Gasteiger partial charge on any atom is -0.465 e. The molecule has 2 atom stereocenters. The molecule has 0 N–H and O–H groups in total. The molecule has 4 rings (SSSR count). The van der Waals surface area contributed by atoms with Gasteiger partial charge in [0.1, 0.15) is 5.82 Å². The van der Waals surface area contributed by atoms with Crippen LogP contribution in [-0.4, -0.2) is 98.5 Å². The van der Waals surface area contributed by atoms with Gasteiger partial charge in [0.25, 0.3) is 0 Å². The maximum absolute atomic E-state index is 15.0. The monoisotopic (exact) mass is 574 g/mol. The molecular weight excluding hydrogens is 535 g/mol. The number of anilines is 1. The highest BCUT2D eigenvalue weighted by Crippen LogP contribution is 2.24. The molecule has 2 aliphatic heterocycles. The van der Waals surface area contributed by atoms with E-state index in [1.165, 1.54) is 29.0 Å². The summed E-state index contributed by atoms with van der Waals surface area (Å²) >= 11 is 0. The van der Waals surface area contributed by atoms with Crippen molar-refractivity contribution in [2.75, 3.05) is 56.2 Å². The van der Waals surface area contributed by atoms with Gasteiger partial charge in [-0.25, -0.2) is 22.4 Å². The lowest BCUT2D eigenvalue weighted by Crippen LogP contribution is -2.56. The third-order valence-corrected chi connectivity index (χ3v) is 9.45. The van der Waals surface area contributed by atoms with Gasteiger partial charge in [0.05, 0.1) is 30.7 Å². The van der Waals surface area contributed by atoms with Crippen molar-refractivity contribution in [2.45, 2.75) is 45.9 Å². The van der Waals surface area contributed by atoms with Gasteiger partial charge in [-0.1, -0.05) is 25.1 Å². The van der Waals surface area contributed by atoms with Crippen molar-refractivity contribution in [2.24, 2.45) is 0 Å². The summed E-state index contributed by atoms with van der Waals surface area (Å²) in [6.07, 6.45) is 0. The predicted octanol–water partition coefficient (Wildman–Crippen LogP) is 3.38. The third kappa shape index (κ3) is 7.00. The zero-order valence-corrected chi connectivity index (χ0v) is 24.5. The minimum atomic E-state index is -3.18. The summed E-state index contributed by atoms with van der Waals surface area (Å²) in [7, 11) is -1.95. The number of hydrogen-bond donors (Lipinski definition) is 0. The molecule has 0 radical (unpaired) electrons. The average Bonchev–Trinajstić information content (AvgIpc) is 2.92. The molecule has 2 aromatic carbocycles. The third-order valence-electron chi connectivity index (χ3n) is 7.84. The Balaban J connectivity index is 1.55. The van der Waals surface area contributed by atoms with Gasteiger partial charge in [0, 0.05) is 56.1 Å². The van der Waals surface area contributed by atoms with E-state index < -0.39 is 27.7 Å². The van der Waals surface area contributed by atoms with Crippen molar-refractivity contribution in [3.63, 3.8) is 0 Å². The highest BCUT2D eigenvalue weighted by atomic mass is 32.2. The maximum Gasteiger partial charge on any atom is 0.337 e. The van der Waals surface area contributed by atoms with Crippen molar-refractivity contribution in [1.82, 2.24) is 14.7 Å². The molecule has 0 aromatic heterocycles. The first-order chi connectivity index (χ1) is 19.0. The molecule has 0 unspecified atom stereocenters. The number of nitrogens with zero attached hydrogens (tertiary/aromatic N) is 4. The number of methoxy groups -OCH3 is 1. The summed E-state index contributed by atoms with van der Waals surface area (Å²) in [6.45, 7) is 10.5. The first kappa shape index (κ1) is 30.0. The van der Waals surface area contributed by atoms with Crippen LogP contribution in [0.5, 0.6) is 0 Å². The van der Waals surface area contributed by atoms with E-state index in [1.54, 1.807) is 0 Å². The van der Waals surface area contributed by atoms with E-state index in [2.05, 4.69) is 35.3 Å². The van der Waals surface area contributed by atoms with E-state index in [4.69, 9.17) is 0 Å². The minimum absolute atomic E-state index is 0.0793. The Morgan fingerprint density at radius 2 is 1.65 bits per heavy atom. The maximum atomic E-state index is 15.0. The molecule has 2 aliphatic rings. The molecule has 2 amide bonds. The standard InChI is InChI=1S/C29H39FN4O5S/c1-5-33-21(2)17-31(18-22(33)3)19-23-6-10-26(11-7-23)34(29(36)32-12-14-40(37,38)15-13-32)20-25-9-8-24(16-27(25)30)28(35)39-4/h6-11,16,21-22H,5,12-15,17-20H2,1-4H3/t21-,22+. The van der Waals surface area contributed by atoms with Crippen LogP contribution in [0, 0.1) is 5.82 Å². The van der Waals surface area contributed by atoms with Crippen molar-refractivity contribution < 1.29 is 27.1 Å². The van der Waals surface area contributed by atoms with E-state index in [-0.39, 0.29) is 42.3 Å². The lowest BCUT2D eigenvalue weighted by molar-refractivity contribution is 0.0392. The summed E-state index contributed by atoms with van der Waals surface area (Å²) in [5.74, 6) is -1.48. The second-order valence-corrected chi connectivity index (χ2v) is 13.0. The van der Waals surface area contributed by atoms with Gasteiger partial charge in [-0.3, -0.25) is 14.7 Å². The van der Waals surface area contributed by atoms with E-state index >= 15 is 4.39 Å². The molecular formula is C29H39FN4O5S. The fraction of sp³-hybridized carbons (Fsp3) is 0.517. The number of ether oxygens (including phenoxy) is 1. The number of rotatable bonds is 7. The smallest absolute Gasteiger partial charge is 0.337 e. The zero-order valence-electron chi connectivity index (χ0n) is 23.7. The highest BCUT2D eigenvalue weighted by Gasteiger charge is 2.30. The Bertz CT molecular complexity index is 1290. The van der Waals surface area contributed by atoms with Crippen LogP contribution < -0.4 is 4.90 Å². The Labute approximate surface area is 236 Å². The van der Waals surface area contributed by atoms with E-state index in [1.807, 2.05) is 24.3 Å².